The van der Waals surface area contributed by atoms with Crippen LogP contribution < -0.4 is 5.32 Å². The highest BCUT2D eigenvalue weighted by Gasteiger charge is 2.33. The summed E-state index contributed by atoms with van der Waals surface area (Å²) in [6, 6.07) is 16.2. The van der Waals surface area contributed by atoms with E-state index in [1.165, 1.54) is 0 Å². The van der Waals surface area contributed by atoms with E-state index < -0.39 is 5.97 Å². The molecule has 3 aromatic rings. The Morgan fingerprint density at radius 1 is 1.11 bits per heavy atom. The number of hydrogen-bond acceptors (Lipinski definition) is 4. The van der Waals surface area contributed by atoms with Crippen LogP contribution in [0.3, 0.4) is 0 Å². The summed E-state index contributed by atoms with van der Waals surface area (Å²) in [5, 5.41) is 17.1. The Labute approximate surface area is 221 Å². The van der Waals surface area contributed by atoms with Crippen molar-refractivity contribution >= 4 is 35.1 Å². The number of aliphatic carboxylic acids is 1. The largest absolute Gasteiger partial charge is 0.481 e. The molecule has 1 atom stereocenters. The van der Waals surface area contributed by atoms with Gasteiger partial charge in [-0.3, -0.25) is 19.1 Å². The maximum absolute atomic E-state index is 13.4. The standard InChI is InChI=1S/C28H31ClN4O4/c1-2-3-4-5-23-17-32(18-26(34)30-22-13-6-19(7-14-22)8-15-27(35)36)28(37)25-16-24(31-33(23)25)20-9-11-21(29)12-10-20/h6-7,9-14,16,23H,2-5,8,15,17-18H2,1H3,(H,30,34)(H,35,36). The van der Waals surface area contributed by atoms with E-state index in [4.69, 9.17) is 21.8 Å². The van der Waals surface area contributed by atoms with E-state index >= 15 is 0 Å². The third kappa shape index (κ3) is 6.77. The first-order chi connectivity index (χ1) is 17.8. The van der Waals surface area contributed by atoms with Gasteiger partial charge in [-0.1, -0.05) is 62.1 Å². The van der Waals surface area contributed by atoms with Crippen LogP contribution in [0.2, 0.25) is 5.02 Å². The SMILES string of the molecule is CCCCCC1CN(CC(=O)Nc2ccc(CCC(=O)O)cc2)C(=O)c2cc(-c3ccc(Cl)cc3)nn21. The molecule has 0 fully saturated rings. The van der Waals surface area contributed by atoms with E-state index in [1.54, 1.807) is 47.4 Å². The van der Waals surface area contributed by atoms with Crippen molar-refractivity contribution in [1.29, 1.82) is 0 Å². The molecule has 1 aliphatic heterocycles. The summed E-state index contributed by atoms with van der Waals surface area (Å²) in [5.74, 6) is -1.36. The van der Waals surface area contributed by atoms with Crippen LogP contribution in [0.4, 0.5) is 5.69 Å². The Balaban J connectivity index is 1.47. The number of nitrogens with one attached hydrogen (secondary N) is 1. The molecule has 2 heterocycles. The molecule has 2 amide bonds. The van der Waals surface area contributed by atoms with Gasteiger partial charge in [0.05, 0.1) is 11.7 Å². The fraction of sp³-hybridized carbons (Fsp3) is 0.357. The lowest BCUT2D eigenvalue weighted by molar-refractivity contribution is -0.137. The number of benzene rings is 2. The van der Waals surface area contributed by atoms with Crippen LogP contribution in [0.15, 0.2) is 54.6 Å². The van der Waals surface area contributed by atoms with Crippen LogP contribution in [-0.4, -0.2) is 50.7 Å². The zero-order chi connectivity index (χ0) is 26.4. The number of hydrogen-bond donors (Lipinski definition) is 2. The minimum absolute atomic E-state index is 0.0124. The molecule has 0 saturated carbocycles. The van der Waals surface area contributed by atoms with Crippen LogP contribution >= 0.6 is 11.6 Å². The molecule has 0 spiro atoms. The predicted octanol–water partition coefficient (Wildman–Crippen LogP) is 5.44. The smallest absolute Gasteiger partial charge is 0.303 e. The number of aromatic nitrogens is 2. The molecule has 194 valence electrons. The first-order valence-electron chi connectivity index (χ1n) is 12.6. The van der Waals surface area contributed by atoms with Crippen LogP contribution in [0.1, 0.15) is 61.1 Å². The molecule has 1 aliphatic rings. The summed E-state index contributed by atoms with van der Waals surface area (Å²) in [5.41, 5.74) is 3.54. The van der Waals surface area contributed by atoms with Gasteiger partial charge in [-0.15, -0.1) is 0 Å². The summed E-state index contributed by atoms with van der Waals surface area (Å²) >= 11 is 6.03. The van der Waals surface area contributed by atoms with Crippen molar-refractivity contribution in [3.8, 4) is 11.3 Å². The molecule has 0 aliphatic carbocycles. The molecule has 0 saturated heterocycles. The van der Waals surface area contributed by atoms with Crippen molar-refractivity contribution in [1.82, 2.24) is 14.7 Å². The lowest BCUT2D eigenvalue weighted by Crippen LogP contribution is -2.46. The Morgan fingerprint density at radius 3 is 2.51 bits per heavy atom. The van der Waals surface area contributed by atoms with Gasteiger partial charge in [0.1, 0.15) is 12.2 Å². The summed E-state index contributed by atoms with van der Waals surface area (Å²) in [6.45, 7) is 2.50. The molecule has 1 unspecified atom stereocenters. The minimum Gasteiger partial charge on any atom is -0.481 e. The molecular formula is C28H31ClN4O4. The lowest BCUT2D eigenvalue weighted by atomic mass is 10.0. The van der Waals surface area contributed by atoms with E-state index in [0.717, 1.165) is 36.8 Å². The first kappa shape index (κ1) is 26.4. The maximum Gasteiger partial charge on any atom is 0.303 e. The summed E-state index contributed by atoms with van der Waals surface area (Å²) < 4.78 is 1.83. The highest BCUT2D eigenvalue weighted by Crippen LogP contribution is 2.30. The van der Waals surface area contributed by atoms with Crippen molar-refractivity contribution in [2.45, 2.75) is 51.5 Å². The molecule has 2 aromatic carbocycles. The van der Waals surface area contributed by atoms with Gasteiger partial charge < -0.3 is 15.3 Å². The number of rotatable bonds is 11. The minimum atomic E-state index is -0.849. The Morgan fingerprint density at radius 2 is 1.84 bits per heavy atom. The number of carbonyl (C=O) groups excluding carboxylic acids is 2. The summed E-state index contributed by atoms with van der Waals surface area (Å²) in [4.78, 5) is 38.6. The van der Waals surface area contributed by atoms with Crippen LogP contribution in [0, 0.1) is 0 Å². The van der Waals surface area contributed by atoms with Gasteiger partial charge in [0.15, 0.2) is 0 Å². The number of carboxylic acid groups (broad SMARTS) is 1. The average Bonchev–Trinajstić information content (AvgIpc) is 3.33. The maximum atomic E-state index is 13.4. The fourth-order valence-corrected chi connectivity index (χ4v) is 4.66. The molecule has 9 heteroatoms. The van der Waals surface area contributed by atoms with Crippen molar-refractivity contribution in [2.24, 2.45) is 0 Å². The van der Waals surface area contributed by atoms with Gasteiger partial charge in [0.25, 0.3) is 5.91 Å². The number of carbonyl (C=O) groups is 3. The summed E-state index contributed by atoms with van der Waals surface area (Å²) in [6.07, 6.45) is 4.54. The molecule has 0 radical (unpaired) electrons. The molecule has 2 N–H and O–H groups in total. The van der Waals surface area contributed by atoms with Gasteiger partial charge in [-0.05, 0) is 48.7 Å². The molecule has 0 bridgehead atoms. The van der Waals surface area contributed by atoms with Crippen molar-refractivity contribution in [3.63, 3.8) is 0 Å². The number of aryl methyl sites for hydroxylation is 1. The first-order valence-corrected chi connectivity index (χ1v) is 13.0. The molecular weight excluding hydrogens is 492 g/mol. The van der Waals surface area contributed by atoms with Crippen LogP contribution in [0.25, 0.3) is 11.3 Å². The van der Waals surface area contributed by atoms with E-state index in [1.807, 2.05) is 16.8 Å². The van der Waals surface area contributed by atoms with Crippen molar-refractivity contribution in [2.75, 3.05) is 18.4 Å². The average molecular weight is 523 g/mol. The fourth-order valence-electron chi connectivity index (χ4n) is 4.53. The lowest BCUT2D eigenvalue weighted by Gasteiger charge is -2.33. The quantitative estimate of drug-likeness (QED) is 0.326. The number of nitrogens with zero attached hydrogens (tertiary/aromatic N) is 3. The second-order valence-electron chi connectivity index (χ2n) is 9.34. The van der Waals surface area contributed by atoms with Gasteiger partial charge in [-0.25, -0.2) is 0 Å². The number of amides is 2. The second-order valence-corrected chi connectivity index (χ2v) is 9.78. The van der Waals surface area contributed by atoms with E-state index in [-0.39, 0.29) is 30.8 Å². The second kappa shape index (κ2) is 12.1. The zero-order valence-electron chi connectivity index (χ0n) is 20.8. The Hall–Kier alpha value is -3.65. The summed E-state index contributed by atoms with van der Waals surface area (Å²) in [7, 11) is 0. The highest BCUT2D eigenvalue weighted by molar-refractivity contribution is 6.30. The Kier molecular flexibility index (Phi) is 8.61. The molecule has 8 nitrogen and oxygen atoms in total. The van der Waals surface area contributed by atoms with Gasteiger partial charge in [-0.2, -0.15) is 5.10 Å². The van der Waals surface area contributed by atoms with E-state index in [2.05, 4.69) is 12.2 Å². The number of halogens is 1. The van der Waals surface area contributed by atoms with Crippen molar-refractivity contribution in [3.05, 3.63) is 70.9 Å². The van der Waals surface area contributed by atoms with Crippen LogP contribution in [0.5, 0.6) is 0 Å². The number of carboxylic acids is 1. The highest BCUT2D eigenvalue weighted by atomic mass is 35.5. The predicted molar refractivity (Wildman–Crippen MR) is 143 cm³/mol. The molecule has 37 heavy (non-hydrogen) atoms. The monoisotopic (exact) mass is 522 g/mol. The Bertz CT molecular complexity index is 1250. The number of anilines is 1. The third-order valence-corrected chi connectivity index (χ3v) is 6.75. The zero-order valence-corrected chi connectivity index (χ0v) is 21.6. The number of fused-ring (bicyclic) bond motifs is 1. The topological polar surface area (TPSA) is 105 Å². The van der Waals surface area contributed by atoms with Gasteiger partial charge in [0, 0.05) is 29.2 Å². The molecule has 4 rings (SSSR count). The third-order valence-electron chi connectivity index (χ3n) is 6.50. The van der Waals surface area contributed by atoms with E-state index in [0.29, 0.717) is 35.1 Å². The van der Waals surface area contributed by atoms with E-state index in [9.17, 15) is 14.4 Å². The van der Waals surface area contributed by atoms with Gasteiger partial charge >= 0.3 is 5.97 Å². The number of unbranched alkanes of at least 4 members (excludes halogenated alkanes) is 2. The van der Waals surface area contributed by atoms with Crippen molar-refractivity contribution < 1.29 is 19.5 Å². The normalized spacial score (nSPS) is 14.9. The molecule has 1 aromatic heterocycles. The van der Waals surface area contributed by atoms with Gasteiger partial charge in [0.2, 0.25) is 5.91 Å². The van der Waals surface area contributed by atoms with Crippen LogP contribution in [-0.2, 0) is 16.0 Å².